The number of carbonyl (C=O) groups is 1. The molecule has 0 aliphatic rings. The number of hydrogen-bond acceptors (Lipinski definition) is 6. The van der Waals surface area contributed by atoms with Gasteiger partial charge in [-0.25, -0.2) is 0 Å². The third-order valence-electron chi connectivity index (χ3n) is 2.99. The molecule has 0 fully saturated rings. The van der Waals surface area contributed by atoms with Crippen LogP contribution < -0.4 is 16.8 Å². The molecule has 20 heavy (non-hydrogen) atoms. The number of carbonyl (C=O) groups excluding carboxylic acids is 1. The number of nitrogens with one attached hydrogen (secondary N) is 1. The maximum Gasteiger partial charge on any atom is 0.253 e. The van der Waals surface area contributed by atoms with E-state index in [1.54, 1.807) is 0 Å². The molecule has 0 spiro atoms. The summed E-state index contributed by atoms with van der Waals surface area (Å²) >= 11 is 1.17. The molecule has 0 saturated heterocycles. The molecule has 0 radical (unpaired) electrons. The summed E-state index contributed by atoms with van der Waals surface area (Å²) in [7, 11) is 0. The first-order chi connectivity index (χ1) is 9.54. The van der Waals surface area contributed by atoms with Crippen LogP contribution in [0.2, 0.25) is 0 Å². The zero-order chi connectivity index (χ0) is 15.1. The maximum atomic E-state index is 11.4. The summed E-state index contributed by atoms with van der Waals surface area (Å²) in [4.78, 5) is 14.0. The molecule has 5 N–H and O–H groups in total. The summed E-state index contributed by atoms with van der Waals surface area (Å²) in [5.74, 6) is -0.608. The van der Waals surface area contributed by atoms with E-state index in [9.17, 15) is 4.79 Å². The number of rotatable bonds is 8. The molecule has 0 aliphatic heterocycles. The molecule has 110 valence electrons. The Kier molecular flexibility index (Phi) is 6.28. The highest BCUT2D eigenvalue weighted by atomic mass is 32.1. The van der Waals surface area contributed by atoms with E-state index in [1.807, 2.05) is 6.07 Å². The summed E-state index contributed by atoms with van der Waals surface area (Å²) in [6, 6.07) is 1.98. The van der Waals surface area contributed by atoms with Gasteiger partial charge in [0, 0.05) is 13.1 Å². The number of amides is 1. The van der Waals surface area contributed by atoms with Gasteiger partial charge in [0.2, 0.25) is 0 Å². The normalized spacial score (nSPS) is 10.5. The van der Waals surface area contributed by atoms with Crippen molar-refractivity contribution >= 4 is 27.9 Å². The molecule has 0 atom stereocenters. The SMILES string of the molecule is CCCN(CC)CCNc1sc(C#N)c(N)c1C(N)=O. The van der Waals surface area contributed by atoms with Crippen molar-refractivity contribution in [2.24, 2.45) is 5.73 Å². The lowest BCUT2D eigenvalue weighted by Gasteiger charge is -2.19. The fourth-order valence-corrected chi connectivity index (χ4v) is 2.92. The van der Waals surface area contributed by atoms with Crippen LogP contribution in [0, 0.1) is 11.3 Å². The third-order valence-corrected chi connectivity index (χ3v) is 4.06. The summed E-state index contributed by atoms with van der Waals surface area (Å²) in [5, 5.41) is 12.7. The van der Waals surface area contributed by atoms with Gasteiger partial charge in [0.25, 0.3) is 5.91 Å². The smallest absolute Gasteiger partial charge is 0.253 e. The number of nitrogens with two attached hydrogens (primary N) is 2. The van der Waals surface area contributed by atoms with Gasteiger partial charge < -0.3 is 21.7 Å². The van der Waals surface area contributed by atoms with Crippen LogP contribution in [0.5, 0.6) is 0 Å². The highest BCUT2D eigenvalue weighted by Gasteiger charge is 2.19. The largest absolute Gasteiger partial charge is 0.396 e. The Bertz CT molecular complexity index is 506. The molecule has 0 aliphatic carbocycles. The fraction of sp³-hybridized carbons (Fsp3) is 0.538. The van der Waals surface area contributed by atoms with Crippen LogP contribution >= 0.6 is 11.3 Å². The van der Waals surface area contributed by atoms with E-state index in [0.29, 0.717) is 16.4 Å². The van der Waals surface area contributed by atoms with E-state index in [0.717, 1.165) is 26.1 Å². The summed E-state index contributed by atoms with van der Waals surface area (Å²) in [6.07, 6.45) is 1.10. The third kappa shape index (κ3) is 3.85. The lowest BCUT2D eigenvalue weighted by molar-refractivity contribution is 0.100. The van der Waals surface area contributed by atoms with E-state index in [4.69, 9.17) is 16.7 Å². The van der Waals surface area contributed by atoms with Crippen LogP contribution in [0.1, 0.15) is 35.5 Å². The first-order valence-electron chi connectivity index (χ1n) is 6.63. The maximum absolute atomic E-state index is 11.4. The molecular weight excluding hydrogens is 274 g/mol. The average Bonchev–Trinajstić information content (AvgIpc) is 2.74. The van der Waals surface area contributed by atoms with Crippen molar-refractivity contribution in [3.05, 3.63) is 10.4 Å². The Morgan fingerprint density at radius 2 is 2.15 bits per heavy atom. The Labute approximate surface area is 123 Å². The molecule has 7 heteroatoms. The van der Waals surface area contributed by atoms with Gasteiger partial charge in [0.05, 0.1) is 11.3 Å². The second-order valence-electron chi connectivity index (χ2n) is 4.39. The van der Waals surface area contributed by atoms with E-state index < -0.39 is 5.91 Å². The van der Waals surface area contributed by atoms with Gasteiger partial charge in [-0.1, -0.05) is 13.8 Å². The Morgan fingerprint density at radius 3 is 2.65 bits per heavy atom. The number of hydrogen-bond donors (Lipinski definition) is 3. The Morgan fingerprint density at radius 1 is 1.45 bits per heavy atom. The zero-order valence-electron chi connectivity index (χ0n) is 11.9. The van der Waals surface area contributed by atoms with E-state index >= 15 is 0 Å². The minimum atomic E-state index is -0.608. The number of nitrogens with zero attached hydrogens (tertiary/aromatic N) is 2. The number of likely N-dealkylation sites (N-methyl/N-ethyl adjacent to an activating group) is 1. The molecule has 0 saturated carbocycles. The van der Waals surface area contributed by atoms with Gasteiger partial charge in [0.1, 0.15) is 15.9 Å². The van der Waals surface area contributed by atoms with Gasteiger partial charge in [-0.15, -0.1) is 11.3 Å². The van der Waals surface area contributed by atoms with Crippen LogP contribution in [0.25, 0.3) is 0 Å². The second kappa shape index (κ2) is 7.72. The first-order valence-corrected chi connectivity index (χ1v) is 7.45. The Balaban J connectivity index is 2.73. The quantitative estimate of drug-likeness (QED) is 0.672. The van der Waals surface area contributed by atoms with Crippen molar-refractivity contribution in [2.45, 2.75) is 20.3 Å². The van der Waals surface area contributed by atoms with Crippen molar-refractivity contribution in [1.29, 1.82) is 5.26 Å². The van der Waals surface area contributed by atoms with Gasteiger partial charge >= 0.3 is 0 Å². The van der Waals surface area contributed by atoms with Crippen LogP contribution in [0.15, 0.2) is 0 Å². The van der Waals surface area contributed by atoms with Crippen LogP contribution in [0.3, 0.4) is 0 Å². The summed E-state index contributed by atoms with van der Waals surface area (Å²) in [5.41, 5.74) is 11.5. The molecule has 1 aromatic heterocycles. The first kappa shape index (κ1) is 16.3. The number of thiophene rings is 1. The number of nitriles is 1. The van der Waals surface area contributed by atoms with Crippen molar-refractivity contribution in [2.75, 3.05) is 37.2 Å². The van der Waals surface area contributed by atoms with Crippen molar-refractivity contribution in [1.82, 2.24) is 4.90 Å². The molecule has 1 aromatic rings. The predicted octanol–water partition coefficient (Wildman–Crippen LogP) is 1.44. The van der Waals surface area contributed by atoms with Gasteiger partial charge in [-0.2, -0.15) is 5.26 Å². The van der Waals surface area contributed by atoms with Gasteiger partial charge in [-0.05, 0) is 19.5 Å². The molecule has 0 unspecified atom stereocenters. The van der Waals surface area contributed by atoms with E-state index in [2.05, 4.69) is 24.1 Å². The van der Waals surface area contributed by atoms with Crippen molar-refractivity contribution in [3.63, 3.8) is 0 Å². The standard InChI is InChI=1S/C13H21N5OS/c1-3-6-18(4-2)7-5-17-13-10(12(16)19)11(15)9(8-14)20-13/h17H,3-7,15H2,1-2H3,(H2,16,19). The number of primary amides is 1. The number of anilines is 2. The molecule has 1 heterocycles. The van der Waals surface area contributed by atoms with E-state index in [1.165, 1.54) is 11.3 Å². The summed E-state index contributed by atoms with van der Waals surface area (Å²) < 4.78 is 0. The average molecular weight is 295 g/mol. The molecule has 6 nitrogen and oxygen atoms in total. The summed E-state index contributed by atoms with van der Waals surface area (Å²) in [6.45, 7) is 7.81. The highest BCUT2D eigenvalue weighted by molar-refractivity contribution is 7.17. The molecule has 0 bridgehead atoms. The zero-order valence-corrected chi connectivity index (χ0v) is 12.7. The van der Waals surface area contributed by atoms with Crippen molar-refractivity contribution in [3.8, 4) is 6.07 Å². The molecule has 1 rings (SSSR count). The van der Waals surface area contributed by atoms with E-state index in [-0.39, 0.29) is 11.3 Å². The molecular formula is C13H21N5OS. The van der Waals surface area contributed by atoms with Crippen molar-refractivity contribution < 1.29 is 4.79 Å². The Hall–Kier alpha value is -1.78. The monoisotopic (exact) mass is 295 g/mol. The predicted molar refractivity (Wildman–Crippen MR) is 82.9 cm³/mol. The van der Waals surface area contributed by atoms with Crippen LogP contribution in [-0.2, 0) is 0 Å². The minimum Gasteiger partial charge on any atom is -0.396 e. The topological polar surface area (TPSA) is 108 Å². The lowest BCUT2D eigenvalue weighted by Crippen LogP contribution is -2.29. The van der Waals surface area contributed by atoms with Crippen LogP contribution in [0.4, 0.5) is 10.7 Å². The molecule has 0 aromatic carbocycles. The molecule has 1 amide bonds. The lowest BCUT2D eigenvalue weighted by atomic mass is 10.2. The number of nitrogen functional groups attached to an aromatic ring is 1. The van der Waals surface area contributed by atoms with Gasteiger partial charge in [-0.3, -0.25) is 4.79 Å². The van der Waals surface area contributed by atoms with Crippen LogP contribution in [-0.4, -0.2) is 37.0 Å². The fourth-order valence-electron chi connectivity index (χ4n) is 1.97. The van der Waals surface area contributed by atoms with Gasteiger partial charge in [0.15, 0.2) is 0 Å². The highest BCUT2D eigenvalue weighted by Crippen LogP contribution is 2.34. The second-order valence-corrected chi connectivity index (χ2v) is 5.41. The minimum absolute atomic E-state index is 0.174.